The highest BCUT2D eigenvalue weighted by atomic mass is 35.5. The van der Waals surface area contributed by atoms with E-state index >= 15 is 0 Å². The SMILES string of the molecule is Cc1cc(Cl)ccc1NCc1ccc(O)c(O)c1. The van der Waals surface area contributed by atoms with Gasteiger partial charge in [0.25, 0.3) is 0 Å². The Balaban J connectivity index is 2.09. The highest BCUT2D eigenvalue weighted by Crippen LogP contribution is 2.26. The Kier molecular flexibility index (Phi) is 3.63. The van der Waals surface area contributed by atoms with Crippen LogP contribution in [-0.2, 0) is 6.54 Å². The van der Waals surface area contributed by atoms with Gasteiger partial charge < -0.3 is 15.5 Å². The lowest BCUT2D eigenvalue weighted by molar-refractivity contribution is 0.403. The van der Waals surface area contributed by atoms with Gasteiger partial charge in [-0.15, -0.1) is 0 Å². The first-order chi connectivity index (χ1) is 8.56. The van der Waals surface area contributed by atoms with Crippen molar-refractivity contribution in [1.29, 1.82) is 0 Å². The summed E-state index contributed by atoms with van der Waals surface area (Å²) >= 11 is 5.88. The topological polar surface area (TPSA) is 52.5 Å². The Labute approximate surface area is 111 Å². The van der Waals surface area contributed by atoms with E-state index in [9.17, 15) is 10.2 Å². The van der Waals surface area contributed by atoms with Gasteiger partial charge in [-0.25, -0.2) is 0 Å². The molecule has 0 atom stereocenters. The molecule has 2 aromatic rings. The first kappa shape index (κ1) is 12.6. The Bertz CT molecular complexity index is 570. The third-order valence-electron chi connectivity index (χ3n) is 2.71. The van der Waals surface area contributed by atoms with E-state index in [1.807, 2.05) is 25.1 Å². The molecule has 0 aliphatic heterocycles. The van der Waals surface area contributed by atoms with E-state index in [4.69, 9.17) is 11.6 Å². The molecular weight excluding hydrogens is 250 g/mol. The molecule has 0 aromatic heterocycles. The molecule has 0 spiro atoms. The summed E-state index contributed by atoms with van der Waals surface area (Å²) in [5.74, 6) is -0.219. The molecule has 94 valence electrons. The van der Waals surface area contributed by atoms with Gasteiger partial charge in [-0.3, -0.25) is 0 Å². The van der Waals surface area contributed by atoms with E-state index in [0.29, 0.717) is 11.6 Å². The molecule has 18 heavy (non-hydrogen) atoms. The van der Waals surface area contributed by atoms with E-state index in [0.717, 1.165) is 16.8 Å². The van der Waals surface area contributed by atoms with E-state index in [-0.39, 0.29) is 11.5 Å². The van der Waals surface area contributed by atoms with Crippen LogP contribution in [0, 0.1) is 6.92 Å². The van der Waals surface area contributed by atoms with Gasteiger partial charge in [0.1, 0.15) is 0 Å². The number of anilines is 1. The second kappa shape index (κ2) is 5.19. The maximum Gasteiger partial charge on any atom is 0.157 e. The summed E-state index contributed by atoms with van der Waals surface area (Å²) in [5, 5.41) is 22.6. The van der Waals surface area contributed by atoms with Gasteiger partial charge in [-0.05, 0) is 48.4 Å². The summed E-state index contributed by atoms with van der Waals surface area (Å²) < 4.78 is 0. The van der Waals surface area contributed by atoms with Crippen molar-refractivity contribution in [2.45, 2.75) is 13.5 Å². The molecule has 0 saturated heterocycles. The standard InChI is InChI=1S/C14H14ClNO2/c1-9-6-11(15)3-4-12(9)16-8-10-2-5-13(17)14(18)7-10/h2-7,16-18H,8H2,1H3. The fourth-order valence-corrected chi connectivity index (χ4v) is 1.93. The van der Waals surface area contributed by atoms with E-state index in [1.165, 1.54) is 12.1 Å². The van der Waals surface area contributed by atoms with Crippen molar-refractivity contribution in [1.82, 2.24) is 0 Å². The Hall–Kier alpha value is -1.87. The number of aryl methyl sites for hydroxylation is 1. The first-order valence-corrected chi connectivity index (χ1v) is 5.95. The largest absolute Gasteiger partial charge is 0.504 e. The summed E-state index contributed by atoms with van der Waals surface area (Å²) in [4.78, 5) is 0. The van der Waals surface area contributed by atoms with Gasteiger partial charge in [-0.1, -0.05) is 17.7 Å². The summed E-state index contributed by atoms with van der Waals surface area (Å²) in [6.07, 6.45) is 0. The van der Waals surface area contributed by atoms with Gasteiger partial charge >= 0.3 is 0 Å². The molecule has 0 fully saturated rings. The average Bonchev–Trinajstić information content (AvgIpc) is 2.32. The fraction of sp³-hybridized carbons (Fsp3) is 0.143. The van der Waals surface area contributed by atoms with Crippen LogP contribution in [-0.4, -0.2) is 10.2 Å². The third kappa shape index (κ3) is 2.87. The summed E-state index contributed by atoms with van der Waals surface area (Å²) in [5.41, 5.74) is 2.94. The second-order valence-electron chi connectivity index (χ2n) is 4.14. The molecule has 2 rings (SSSR count). The predicted molar refractivity (Wildman–Crippen MR) is 73.3 cm³/mol. The maximum absolute atomic E-state index is 9.39. The van der Waals surface area contributed by atoms with Crippen molar-refractivity contribution in [2.24, 2.45) is 0 Å². The summed E-state index contributed by atoms with van der Waals surface area (Å²) in [6.45, 7) is 2.54. The number of halogens is 1. The van der Waals surface area contributed by atoms with Gasteiger partial charge in [0.15, 0.2) is 11.5 Å². The maximum atomic E-state index is 9.39. The van der Waals surface area contributed by atoms with Crippen LogP contribution >= 0.6 is 11.6 Å². The first-order valence-electron chi connectivity index (χ1n) is 5.57. The highest BCUT2D eigenvalue weighted by Gasteiger charge is 2.02. The Morgan fingerprint density at radius 3 is 2.50 bits per heavy atom. The van der Waals surface area contributed by atoms with Gasteiger partial charge in [0.2, 0.25) is 0 Å². The quantitative estimate of drug-likeness (QED) is 0.741. The lowest BCUT2D eigenvalue weighted by Crippen LogP contribution is -2.00. The molecule has 3 N–H and O–H groups in total. The molecule has 4 heteroatoms. The minimum atomic E-state index is -0.110. The van der Waals surface area contributed by atoms with Gasteiger partial charge in [-0.2, -0.15) is 0 Å². The van der Waals surface area contributed by atoms with Crippen LogP contribution in [0.2, 0.25) is 5.02 Å². The van der Waals surface area contributed by atoms with Crippen molar-refractivity contribution >= 4 is 17.3 Å². The summed E-state index contributed by atoms with van der Waals surface area (Å²) in [6, 6.07) is 10.4. The minimum Gasteiger partial charge on any atom is -0.504 e. The number of aromatic hydroxyl groups is 2. The Morgan fingerprint density at radius 1 is 1.06 bits per heavy atom. The lowest BCUT2D eigenvalue weighted by Gasteiger charge is -2.10. The smallest absolute Gasteiger partial charge is 0.157 e. The van der Waals surface area contributed by atoms with E-state index < -0.39 is 0 Å². The molecule has 0 amide bonds. The van der Waals surface area contributed by atoms with Crippen LogP contribution in [0.1, 0.15) is 11.1 Å². The normalized spacial score (nSPS) is 10.3. The number of nitrogens with one attached hydrogen (secondary N) is 1. The molecule has 0 saturated carbocycles. The number of hydrogen-bond acceptors (Lipinski definition) is 3. The molecule has 0 bridgehead atoms. The van der Waals surface area contributed by atoms with Gasteiger partial charge in [0, 0.05) is 17.3 Å². The molecule has 0 aliphatic rings. The molecule has 3 nitrogen and oxygen atoms in total. The number of phenols is 2. The Morgan fingerprint density at radius 2 is 1.83 bits per heavy atom. The number of rotatable bonds is 3. The van der Waals surface area contributed by atoms with Crippen molar-refractivity contribution in [2.75, 3.05) is 5.32 Å². The van der Waals surface area contributed by atoms with Crippen LogP contribution in [0.5, 0.6) is 11.5 Å². The average molecular weight is 264 g/mol. The number of hydrogen-bond donors (Lipinski definition) is 3. The number of phenolic OH excluding ortho intramolecular Hbond substituents is 2. The van der Waals surface area contributed by atoms with Crippen LogP contribution in [0.15, 0.2) is 36.4 Å². The number of benzene rings is 2. The predicted octanol–water partition coefficient (Wildman–Crippen LogP) is 3.67. The van der Waals surface area contributed by atoms with Crippen molar-refractivity contribution in [3.05, 3.63) is 52.5 Å². The highest BCUT2D eigenvalue weighted by molar-refractivity contribution is 6.30. The second-order valence-corrected chi connectivity index (χ2v) is 4.57. The van der Waals surface area contributed by atoms with Crippen molar-refractivity contribution in [3.63, 3.8) is 0 Å². The fourth-order valence-electron chi connectivity index (χ4n) is 1.70. The molecule has 0 heterocycles. The minimum absolute atomic E-state index is 0.109. The van der Waals surface area contributed by atoms with Gasteiger partial charge in [0.05, 0.1) is 0 Å². The van der Waals surface area contributed by atoms with Crippen LogP contribution < -0.4 is 5.32 Å². The molecule has 0 radical (unpaired) electrons. The van der Waals surface area contributed by atoms with Crippen LogP contribution in [0.4, 0.5) is 5.69 Å². The van der Waals surface area contributed by atoms with E-state index in [2.05, 4.69) is 5.32 Å². The lowest BCUT2D eigenvalue weighted by atomic mass is 10.1. The van der Waals surface area contributed by atoms with E-state index in [1.54, 1.807) is 6.07 Å². The molecule has 2 aromatic carbocycles. The zero-order chi connectivity index (χ0) is 13.1. The zero-order valence-corrected chi connectivity index (χ0v) is 10.7. The molecular formula is C14H14ClNO2. The molecule has 0 aliphatic carbocycles. The summed E-state index contributed by atoms with van der Waals surface area (Å²) in [7, 11) is 0. The third-order valence-corrected chi connectivity index (χ3v) is 2.95. The van der Waals surface area contributed by atoms with Crippen LogP contribution in [0.25, 0.3) is 0 Å². The van der Waals surface area contributed by atoms with Crippen LogP contribution in [0.3, 0.4) is 0 Å². The van der Waals surface area contributed by atoms with Crippen molar-refractivity contribution in [3.8, 4) is 11.5 Å². The van der Waals surface area contributed by atoms with Crippen molar-refractivity contribution < 1.29 is 10.2 Å². The monoisotopic (exact) mass is 263 g/mol. The molecule has 0 unspecified atom stereocenters. The zero-order valence-electron chi connectivity index (χ0n) is 9.94.